The molecule has 1 saturated carbocycles. The van der Waals surface area contributed by atoms with E-state index >= 15 is 0 Å². The fourth-order valence-electron chi connectivity index (χ4n) is 4.09. The molecule has 3 heterocycles. The normalized spacial score (nSPS) is 26.9. The average Bonchev–Trinajstić information content (AvgIpc) is 3.06. The zero-order chi connectivity index (χ0) is 20.6. The van der Waals surface area contributed by atoms with E-state index in [2.05, 4.69) is 26.1 Å². The number of carbonyl (C=O) groups excluding carboxylic acids is 1. The number of H-pyrrole nitrogens is 1. The minimum absolute atomic E-state index is 0.0353. The molecule has 1 aromatic heterocycles. The molecule has 2 fully saturated rings. The number of ether oxygens (including phenoxy) is 3. The molecule has 9 nitrogen and oxygen atoms in total. The molecular weight excluding hydrogens is 386 g/mol. The lowest BCUT2D eigenvalue weighted by Gasteiger charge is -2.22. The number of nitrogens with one attached hydrogen (secondary N) is 4. The van der Waals surface area contributed by atoms with E-state index in [1.165, 1.54) is 0 Å². The Kier molecular flexibility index (Phi) is 4.84. The Labute approximate surface area is 174 Å². The molecule has 1 saturated heterocycles. The SMILES string of the molecule is CO[C@H]1CC1(NC(=O)NC1=Cc2[nH]nc(OC3CCOC3)c2CN1)c1ccccc1. The van der Waals surface area contributed by atoms with E-state index in [1.54, 1.807) is 7.11 Å². The summed E-state index contributed by atoms with van der Waals surface area (Å²) in [5, 5.41) is 16.4. The summed E-state index contributed by atoms with van der Waals surface area (Å²) in [6.07, 6.45) is 3.41. The highest BCUT2D eigenvalue weighted by molar-refractivity contribution is 5.79. The summed E-state index contributed by atoms with van der Waals surface area (Å²) in [7, 11) is 1.66. The molecule has 3 atom stereocenters. The van der Waals surface area contributed by atoms with Crippen LogP contribution in [0.1, 0.15) is 29.7 Å². The summed E-state index contributed by atoms with van der Waals surface area (Å²) in [4.78, 5) is 12.7. The highest BCUT2D eigenvalue weighted by Gasteiger charge is 2.57. The number of nitrogens with zero attached hydrogens (tertiary/aromatic N) is 1. The molecule has 2 unspecified atom stereocenters. The van der Waals surface area contributed by atoms with Gasteiger partial charge in [0.15, 0.2) is 0 Å². The molecule has 4 N–H and O–H groups in total. The Balaban J connectivity index is 1.25. The number of hydrogen-bond acceptors (Lipinski definition) is 6. The van der Waals surface area contributed by atoms with Crippen molar-refractivity contribution in [2.75, 3.05) is 20.3 Å². The van der Waals surface area contributed by atoms with Crippen LogP contribution in [0.3, 0.4) is 0 Å². The lowest BCUT2D eigenvalue weighted by atomic mass is 10.0. The second-order valence-corrected chi connectivity index (χ2v) is 7.78. The zero-order valence-corrected chi connectivity index (χ0v) is 16.7. The molecule has 1 aromatic carbocycles. The number of methoxy groups -OCH3 is 1. The van der Waals surface area contributed by atoms with E-state index in [9.17, 15) is 4.79 Å². The highest BCUT2D eigenvalue weighted by Crippen LogP contribution is 2.47. The zero-order valence-electron chi connectivity index (χ0n) is 16.7. The predicted molar refractivity (Wildman–Crippen MR) is 108 cm³/mol. The quantitative estimate of drug-likeness (QED) is 0.575. The summed E-state index contributed by atoms with van der Waals surface area (Å²) in [6, 6.07) is 9.60. The minimum atomic E-state index is -0.501. The Morgan fingerprint density at radius 3 is 2.93 bits per heavy atom. The molecule has 2 amide bonds. The van der Waals surface area contributed by atoms with Crippen LogP contribution < -0.4 is 20.7 Å². The lowest BCUT2D eigenvalue weighted by Crippen LogP contribution is -2.46. The van der Waals surface area contributed by atoms with Crippen molar-refractivity contribution in [3.8, 4) is 5.88 Å². The van der Waals surface area contributed by atoms with Crippen molar-refractivity contribution in [3.05, 3.63) is 53.0 Å². The van der Waals surface area contributed by atoms with Crippen molar-refractivity contribution in [1.82, 2.24) is 26.1 Å². The molecule has 2 aliphatic heterocycles. The number of carbonyl (C=O) groups is 1. The van der Waals surface area contributed by atoms with Gasteiger partial charge in [-0.3, -0.25) is 10.4 Å². The van der Waals surface area contributed by atoms with E-state index in [1.807, 2.05) is 36.4 Å². The molecule has 3 aliphatic rings. The van der Waals surface area contributed by atoms with Gasteiger partial charge in [-0.2, -0.15) is 0 Å². The van der Waals surface area contributed by atoms with Gasteiger partial charge >= 0.3 is 6.03 Å². The van der Waals surface area contributed by atoms with Gasteiger partial charge in [0.05, 0.1) is 36.1 Å². The van der Waals surface area contributed by atoms with E-state index in [0.717, 1.165) is 29.7 Å². The van der Waals surface area contributed by atoms with Gasteiger partial charge in [-0.15, -0.1) is 5.10 Å². The number of rotatable bonds is 6. The van der Waals surface area contributed by atoms with Crippen molar-refractivity contribution in [3.63, 3.8) is 0 Å². The third-order valence-corrected chi connectivity index (χ3v) is 5.83. The van der Waals surface area contributed by atoms with Gasteiger partial charge in [0.25, 0.3) is 0 Å². The molecule has 158 valence electrons. The summed E-state index contributed by atoms with van der Waals surface area (Å²) >= 11 is 0. The first-order valence-corrected chi connectivity index (χ1v) is 10.1. The van der Waals surface area contributed by atoms with Crippen molar-refractivity contribution < 1.29 is 19.0 Å². The molecule has 1 aliphatic carbocycles. The fraction of sp³-hybridized carbons (Fsp3) is 0.429. The van der Waals surface area contributed by atoms with Crippen LogP contribution in [0.2, 0.25) is 0 Å². The van der Waals surface area contributed by atoms with E-state index < -0.39 is 5.54 Å². The first-order chi connectivity index (χ1) is 14.7. The van der Waals surface area contributed by atoms with Gasteiger partial charge in [-0.25, -0.2) is 4.79 Å². The lowest BCUT2D eigenvalue weighted by molar-refractivity contribution is 0.137. The van der Waals surface area contributed by atoms with Crippen LogP contribution in [0, 0.1) is 0 Å². The van der Waals surface area contributed by atoms with Gasteiger partial charge < -0.3 is 24.8 Å². The van der Waals surface area contributed by atoms with Gasteiger partial charge in [-0.05, 0) is 5.56 Å². The second kappa shape index (κ2) is 7.66. The number of aromatic amines is 1. The maximum absolute atomic E-state index is 12.7. The van der Waals surface area contributed by atoms with E-state index in [4.69, 9.17) is 14.2 Å². The highest BCUT2D eigenvalue weighted by atomic mass is 16.5. The number of benzene rings is 1. The van der Waals surface area contributed by atoms with Crippen molar-refractivity contribution in [2.24, 2.45) is 0 Å². The number of hydrogen-bond donors (Lipinski definition) is 4. The molecule has 0 spiro atoms. The number of urea groups is 1. The van der Waals surface area contributed by atoms with Crippen LogP contribution >= 0.6 is 0 Å². The smallest absolute Gasteiger partial charge is 0.321 e. The largest absolute Gasteiger partial charge is 0.470 e. The summed E-state index contributed by atoms with van der Waals surface area (Å²) in [6.45, 7) is 1.81. The summed E-state index contributed by atoms with van der Waals surface area (Å²) in [5.41, 5.74) is 2.29. The van der Waals surface area contributed by atoms with Gasteiger partial charge in [0.2, 0.25) is 5.88 Å². The Bertz CT molecular complexity index is 954. The first kappa shape index (κ1) is 19.0. The maximum atomic E-state index is 12.7. The number of amides is 2. The molecule has 5 rings (SSSR count). The fourth-order valence-corrected chi connectivity index (χ4v) is 4.09. The Morgan fingerprint density at radius 1 is 1.33 bits per heavy atom. The molecule has 0 bridgehead atoms. The molecule has 0 radical (unpaired) electrons. The average molecular weight is 411 g/mol. The molecule has 9 heteroatoms. The number of aromatic nitrogens is 2. The topological polar surface area (TPSA) is 110 Å². The predicted octanol–water partition coefficient (Wildman–Crippen LogP) is 1.59. The summed E-state index contributed by atoms with van der Waals surface area (Å²) < 4.78 is 16.8. The summed E-state index contributed by atoms with van der Waals surface area (Å²) in [5.74, 6) is 1.17. The van der Waals surface area contributed by atoms with Crippen molar-refractivity contribution in [1.29, 1.82) is 0 Å². The van der Waals surface area contributed by atoms with Crippen LogP contribution in [-0.4, -0.2) is 48.8 Å². The van der Waals surface area contributed by atoms with Gasteiger partial charge in [0, 0.05) is 32.6 Å². The Hall–Kier alpha value is -3.04. The molecule has 2 aromatic rings. The van der Waals surface area contributed by atoms with E-state index in [-0.39, 0.29) is 18.2 Å². The minimum Gasteiger partial charge on any atom is -0.470 e. The van der Waals surface area contributed by atoms with Crippen LogP contribution in [0.4, 0.5) is 4.79 Å². The van der Waals surface area contributed by atoms with E-state index in [0.29, 0.717) is 31.5 Å². The third kappa shape index (κ3) is 3.50. The van der Waals surface area contributed by atoms with Gasteiger partial charge in [-0.1, -0.05) is 30.3 Å². The van der Waals surface area contributed by atoms with Crippen LogP contribution in [0.25, 0.3) is 6.08 Å². The third-order valence-electron chi connectivity index (χ3n) is 5.83. The van der Waals surface area contributed by atoms with Crippen LogP contribution in [-0.2, 0) is 21.6 Å². The molecule has 30 heavy (non-hydrogen) atoms. The van der Waals surface area contributed by atoms with Crippen LogP contribution in [0.15, 0.2) is 36.2 Å². The molecular formula is C21H25N5O4. The van der Waals surface area contributed by atoms with Crippen molar-refractivity contribution >= 4 is 12.1 Å². The Morgan fingerprint density at radius 2 is 2.20 bits per heavy atom. The number of fused-ring (bicyclic) bond motifs is 1. The maximum Gasteiger partial charge on any atom is 0.321 e. The second-order valence-electron chi connectivity index (χ2n) is 7.78. The van der Waals surface area contributed by atoms with Crippen molar-refractivity contribution in [2.45, 2.75) is 37.1 Å². The van der Waals surface area contributed by atoms with Crippen LogP contribution in [0.5, 0.6) is 5.88 Å². The standard InChI is InChI=1S/C21H25N5O4/c1-28-17-10-21(17,13-5-3-2-4-6-13)24-20(27)23-18-9-16-15(11-22-18)19(26-25-16)30-14-7-8-29-12-14/h2-6,9,14,17,22H,7-8,10-12H2,1H3,(H,25,26)(H2,23,24,27)/t14?,17-,21?/m0/s1. The van der Waals surface area contributed by atoms with Gasteiger partial charge in [0.1, 0.15) is 11.9 Å². The monoisotopic (exact) mass is 411 g/mol. The first-order valence-electron chi connectivity index (χ1n) is 10.1.